The largest absolute Gasteiger partial charge is 0.479 e. The van der Waals surface area contributed by atoms with Crippen molar-refractivity contribution in [3.05, 3.63) is 70.3 Å². The Morgan fingerprint density at radius 1 is 0.962 bits per heavy atom. The average molecular weight is 353 g/mol. The number of carboxylic acids is 1. The molecule has 2 aromatic carbocycles. The standard InChI is InChI=1S/C18H11NO7/c20-8-11-6-5-10(7-12(11)9-21)15(18(24)25)26-19-16(22)13-3-1-2-4-14(13)17(19)23/h1-9,15H,(H,24,25). The molecule has 2 amide bonds. The van der Waals surface area contributed by atoms with Crippen LogP contribution in [0.5, 0.6) is 0 Å². The van der Waals surface area contributed by atoms with Gasteiger partial charge in [-0.15, -0.1) is 5.06 Å². The zero-order chi connectivity index (χ0) is 18.8. The summed E-state index contributed by atoms with van der Waals surface area (Å²) in [5, 5.41) is 9.82. The van der Waals surface area contributed by atoms with Crippen molar-refractivity contribution >= 4 is 30.4 Å². The first-order valence-corrected chi connectivity index (χ1v) is 7.39. The number of benzene rings is 2. The van der Waals surface area contributed by atoms with Gasteiger partial charge in [-0.3, -0.25) is 19.2 Å². The van der Waals surface area contributed by atoms with E-state index in [1.54, 1.807) is 12.1 Å². The summed E-state index contributed by atoms with van der Waals surface area (Å²) in [6, 6.07) is 9.68. The molecule has 0 saturated carbocycles. The van der Waals surface area contributed by atoms with Crippen molar-refractivity contribution in [3.8, 4) is 0 Å². The molecule has 26 heavy (non-hydrogen) atoms. The Morgan fingerprint density at radius 3 is 2.04 bits per heavy atom. The third-order valence-electron chi connectivity index (χ3n) is 3.86. The van der Waals surface area contributed by atoms with Gasteiger partial charge in [0, 0.05) is 11.1 Å². The molecule has 0 aromatic heterocycles. The minimum Gasteiger partial charge on any atom is -0.479 e. The van der Waals surface area contributed by atoms with Crippen LogP contribution >= 0.6 is 0 Å². The van der Waals surface area contributed by atoms with Gasteiger partial charge < -0.3 is 5.11 Å². The van der Waals surface area contributed by atoms with Crippen molar-refractivity contribution in [2.24, 2.45) is 0 Å². The maximum atomic E-state index is 12.3. The minimum absolute atomic E-state index is 0.00163. The first kappa shape index (κ1) is 17.2. The number of hydrogen-bond acceptors (Lipinski definition) is 6. The lowest BCUT2D eigenvalue weighted by Gasteiger charge is -2.20. The molecule has 0 saturated heterocycles. The van der Waals surface area contributed by atoms with E-state index in [2.05, 4.69) is 0 Å². The van der Waals surface area contributed by atoms with Gasteiger partial charge in [-0.1, -0.05) is 24.3 Å². The van der Waals surface area contributed by atoms with Crippen molar-refractivity contribution in [1.82, 2.24) is 5.06 Å². The number of rotatable bonds is 6. The molecule has 0 spiro atoms. The lowest BCUT2D eigenvalue weighted by atomic mass is 10.0. The molecule has 1 heterocycles. The van der Waals surface area contributed by atoms with Crippen LogP contribution in [0.2, 0.25) is 0 Å². The molecule has 2 aromatic rings. The van der Waals surface area contributed by atoms with Crippen LogP contribution in [0.3, 0.4) is 0 Å². The first-order valence-electron chi connectivity index (χ1n) is 7.39. The van der Waals surface area contributed by atoms with E-state index in [1.807, 2.05) is 0 Å². The Balaban J connectivity index is 1.95. The van der Waals surface area contributed by atoms with Crippen molar-refractivity contribution in [1.29, 1.82) is 0 Å². The maximum absolute atomic E-state index is 12.3. The number of hydrogen-bond donors (Lipinski definition) is 1. The summed E-state index contributed by atoms with van der Waals surface area (Å²) in [4.78, 5) is 63.3. The van der Waals surface area contributed by atoms with Gasteiger partial charge in [-0.2, -0.15) is 0 Å². The van der Waals surface area contributed by atoms with Crippen LogP contribution in [0, 0.1) is 0 Å². The number of hydroxylamine groups is 2. The Bertz CT molecular complexity index is 915. The Labute approximate surface area is 146 Å². The molecular weight excluding hydrogens is 342 g/mol. The number of nitrogens with zero attached hydrogens (tertiary/aromatic N) is 1. The number of aliphatic carboxylic acids is 1. The maximum Gasteiger partial charge on any atom is 0.340 e. The second kappa shape index (κ2) is 6.69. The van der Waals surface area contributed by atoms with Gasteiger partial charge in [-0.25, -0.2) is 9.63 Å². The molecule has 1 aliphatic heterocycles. The molecule has 0 radical (unpaired) electrons. The Kier molecular flexibility index (Phi) is 4.42. The summed E-state index contributed by atoms with van der Waals surface area (Å²) in [5.41, 5.74) is 0.253. The third-order valence-corrected chi connectivity index (χ3v) is 3.86. The van der Waals surface area contributed by atoms with Crippen molar-refractivity contribution in [3.63, 3.8) is 0 Å². The van der Waals surface area contributed by atoms with Crippen LogP contribution < -0.4 is 0 Å². The predicted octanol–water partition coefficient (Wildman–Crippen LogP) is 1.67. The van der Waals surface area contributed by atoms with Gasteiger partial charge in [-0.05, 0) is 23.8 Å². The SMILES string of the molecule is O=Cc1ccc(C(ON2C(=O)c3ccccc3C2=O)C(=O)O)cc1C=O. The topological polar surface area (TPSA) is 118 Å². The van der Waals surface area contributed by atoms with E-state index in [1.165, 1.54) is 24.3 Å². The van der Waals surface area contributed by atoms with Gasteiger partial charge in [0.2, 0.25) is 6.10 Å². The fourth-order valence-electron chi connectivity index (χ4n) is 2.58. The van der Waals surface area contributed by atoms with E-state index >= 15 is 0 Å². The van der Waals surface area contributed by atoms with Crippen LogP contribution in [0.4, 0.5) is 0 Å². The van der Waals surface area contributed by atoms with Crippen LogP contribution in [0.15, 0.2) is 42.5 Å². The molecule has 0 aliphatic carbocycles. The van der Waals surface area contributed by atoms with Crippen LogP contribution in [-0.4, -0.2) is 40.5 Å². The Hall–Kier alpha value is -3.65. The van der Waals surface area contributed by atoms with E-state index in [-0.39, 0.29) is 27.8 Å². The zero-order valence-corrected chi connectivity index (χ0v) is 13.1. The molecule has 1 unspecified atom stereocenters. The molecule has 0 bridgehead atoms. The molecule has 0 fully saturated rings. The molecule has 1 N–H and O–H groups in total. The van der Waals surface area contributed by atoms with Gasteiger partial charge in [0.1, 0.15) is 0 Å². The highest BCUT2D eigenvalue weighted by Gasteiger charge is 2.39. The minimum atomic E-state index is -1.73. The van der Waals surface area contributed by atoms with Gasteiger partial charge >= 0.3 is 5.97 Å². The lowest BCUT2D eigenvalue weighted by Crippen LogP contribution is -2.34. The highest BCUT2D eigenvalue weighted by Crippen LogP contribution is 2.28. The van der Waals surface area contributed by atoms with Gasteiger partial charge in [0.05, 0.1) is 11.1 Å². The second-order valence-electron chi connectivity index (χ2n) is 5.40. The quantitative estimate of drug-likeness (QED) is 0.620. The zero-order valence-electron chi connectivity index (χ0n) is 13.1. The normalized spacial score (nSPS) is 14.1. The molecule has 1 atom stereocenters. The Morgan fingerprint density at radius 2 is 1.54 bits per heavy atom. The molecule has 1 aliphatic rings. The van der Waals surface area contributed by atoms with E-state index in [0.717, 1.165) is 6.07 Å². The molecule has 130 valence electrons. The number of carbonyl (C=O) groups excluding carboxylic acids is 4. The summed E-state index contributed by atoms with van der Waals surface area (Å²) in [7, 11) is 0. The summed E-state index contributed by atoms with van der Waals surface area (Å²) in [6.07, 6.45) is -0.876. The van der Waals surface area contributed by atoms with Crippen LogP contribution in [-0.2, 0) is 9.63 Å². The molecule has 8 heteroatoms. The molecular formula is C18H11NO7. The summed E-state index contributed by atoms with van der Waals surface area (Å²) < 4.78 is 0. The number of imide groups is 1. The number of fused-ring (bicyclic) bond motifs is 1. The van der Waals surface area contributed by atoms with Gasteiger partial charge in [0.15, 0.2) is 12.6 Å². The smallest absolute Gasteiger partial charge is 0.340 e. The van der Waals surface area contributed by atoms with Crippen LogP contribution in [0.25, 0.3) is 0 Å². The average Bonchev–Trinajstić information content (AvgIpc) is 2.90. The summed E-state index contributed by atoms with van der Waals surface area (Å²) >= 11 is 0. The lowest BCUT2D eigenvalue weighted by molar-refractivity contribution is -0.176. The van der Waals surface area contributed by atoms with E-state index in [4.69, 9.17) is 4.84 Å². The van der Waals surface area contributed by atoms with E-state index < -0.39 is 23.9 Å². The molecule has 8 nitrogen and oxygen atoms in total. The number of carboxylic acid groups (broad SMARTS) is 1. The van der Waals surface area contributed by atoms with Crippen molar-refractivity contribution in [2.45, 2.75) is 6.10 Å². The van der Waals surface area contributed by atoms with E-state index in [0.29, 0.717) is 17.6 Å². The van der Waals surface area contributed by atoms with Crippen molar-refractivity contribution in [2.75, 3.05) is 0 Å². The number of aldehydes is 2. The highest BCUT2D eigenvalue weighted by molar-refractivity contribution is 6.20. The predicted molar refractivity (Wildman–Crippen MR) is 85.6 cm³/mol. The number of amides is 2. The first-order chi connectivity index (χ1) is 12.5. The monoisotopic (exact) mass is 353 g/mol. The molecule has 3 rings (SSSR count). The number of carbonyl (C=O) groups is 5. The van der Waals surface area contributed by atoms with E-state index in [9.17, 15) is 29.1 Å². The summed E-state index contributed by atoms with van der Waals surface area (Å²) in [6.45, 7) is 0. The third kappa shape index (κ3) is 2.78. The second-order valence-corrected chi connectivity index (χ2v) is 5.40. The van der Waals surface area contributed by atoms with Crippen molar-refractivity contribution < 1.29 is 33.9 Å². The summed E-state index contributed by atoms with van der Waals surface area (Å²) in [5.74, 6) is -3.04. The van der Waals surface area contributed by atoms with Crippen LogP contribution in [0.1, 0.15) is 53.1 Å². The highest BCUT2D eigenvalue weighted by atomic mass is 16.7. The fraction of sp³-hybridized carbons (Fsp3) is 0.0556. The fourth-order valence-corrected chi connectivity index (χ4v) is 2.58. The van der Waals surface area contributed by atoms with Gasteiger partial charge in [0.25, 0.3) is 11.8 Å².